The highest BCUT2D eigenvalue weighted by molar-refractivity contribution is 9.10. The number of amides is 1. The molecule has 0 aliphatic rings. The molecular weight excluding hydrogens is 358 g/mol. The van der Waals surface area contributed by atoms with Crippen molar-refractivity contribution in [3.63, 3.8) is 0 Å². The van der Waals surface area contributed by atoms with E-state index in [0.29, 0.717) is 10.7 Å². The van der Waals surface area contributed by atoms with Gasteiger partial charge in [0.25, 0.3) is 0 Å². The number of hydrogen-bond donors (Lipinski definition) is 2. The minimum absolute atomic E-state index is 0.106. The van der Waals surface area contributed by atoms with E-state index in [9.17, 15) is 9.59 Å². The van der Waals surface area contributed by atoms with Crippen LogP contribution in [0.25, 0.3) is 11.0 Å². The number of benzene rings is 1. The topological polar surface area (TPSA) is 84.2 Å². The number of carbonyl (C=O) groups is 2. The molecule has 0 spiro atoms. The molecule has 0 aliphatic carbocycles. The molecule has 1 amide bonds. The quantitative estimate of drug-likeness (QED) is 0.787. The molecule has 0 saturated heterocycles. The van der Waals surface area contributed by atoms with Gasteiger partial charge in [0.1, 0.15) is 6.04 Å². The van der Waals surface area contributed by atoms with Crippen LogP contribution < -0.4 is 5.32 Å². The molecular formula is C13H14BrN3O3S. The van der Waals surface area contributed by atoms with Crippen molar-refractivity contribution >= 4 is 50.6 Å². The first-order chi connectivity index (χ1) is 9.93. The van der Waals surface area contributed by atoms with Crippen molar-refractivity contribution in [1.29, 1.82) is 0 Å². The Hall–Kier alpha value is -1.54. The number of thioether (sulfide) groups is 1. The van der Waals surface area contributed by atoms with Gasteiger partial charge in [-0.15, -0.1) is 0 Å². The second-order valence-corrected chi connectivity index (χ2v) is 6.23. The van der Waals surface area contributed by atoms with Crippen molar-refractivity contribution in [2.24, 2.45) is 0 Å². The van der Waals surface area contributed by atoms with Crippen molar-refractivity contribution < 1.29 is 14.7 Å². The zero-order chi connectivity index (χ0) is 15.6. The van der Waals surface area contributed by atoms with E-state index in [1.165, 1.54) is 0 Å². The Kier molecular flexibility index (Phi) is 4.89. The molecule has 0 bridgehead atoms. The Morgan fingerprint density at radius 2 is 2.24 bits per heavy atom. The SMILES string of the molecule is CNC(=O)C(C)n1c(SCC(=O)O)nc2cc(Br)ccc21. The summed E-state index contributed by atoms with van der Waals surface area (Å²) in [5, 5.41) is 11.9. The van der Waals surface area contributed by atoms with Crippen molar-refractivity contribution in [2.45, 2.75) is 18.1 Å². The van der Waals surface area contributed by atoms with Gasteiger partial charge in [-0.1, -0.05) is 27.7 Å². The van der Waals surface area contributed by atoms with E-state index in [-0.39, 0.29) is 11.7 Å². The maximum Gasteiger partial charge on any atom is 0.313 e. The number of imidazole rings is 1. The zero-order valence-electron chi connectivity index (χ0n) is 11.5. The Morgan fingerprint density at radius 3 is 2.86 bits per heavy atom. The van der Waals surface area contributed by atoms with Crippen LogP contribution in [0, 0.1) is 0 Å². The largest absolute Gasteiger partial charge is 0.481 e. The number of carboxylic acids is 1. The lowest BCUT2D eigenvalue weighted by Crippen LogP contribution is -2.28. The van der Waals surface area contributed by atoms with Crippen molar-refractivity contribution in [2.75, 3.05) is 12.8 Å². The second-order valence-electron chi connectivity index (χ2n) is 4.37. The highest BCUT2D eigenvalue weighted by atomic mass is 79.9. The van der Waals surface area contributed by atoms with Gasteiger partial charge in [-0.05, 0) is 25.1 Å². The van der Waals surface area contributed by atoms with E-state index < -0.39 is 12.0 Å². The van der Waals surface area contributed by atoms with Gasteiger partial charge in [0.15, 0.2) is 5.16 Å². The van der Waals surface area contributed by atoms with Crippen molar-refractivity contribution in [3.05, 3.63) is 22.7 Å². The van der Waals surface area contributed by atoms with Gasteiger partial charge < -0.3 is 15.0 Å². The summed E-state index contributed by atoms with van der Waals surface area (Å²) in [6.45, 7) is 1.76. The third-order valence-electron chi connectivity index (χ3n) is 2.96. The Labute approximate surface area is 134 Å². The molecule has 0 saturated carbocycles. The van der Waals surface area contributed by atoms with Gasteiger partial charge in [0.2, 0.25) is 5.91 Å². The van der Waals surface area contributed by atoms with Gasteiger partial charge in [-0.2, -0.15) is 0 Å². The van der Waals surface area contributed by atoms with Gasteiger partial charge in [0.05, 0.1) is 16.8 Å². The summed E-state index contributed by atoms with van der Waals surface area (Å²) in [5.74, 6) is -1.19. The van der Waals surface area contributed by atoms with Gasteiger partial charge >= 0.3 is 5.97 Å². The first-order valence-corrected chi connectivity index (χ1v) is 7.95. The van der Waals surface area contributed by atoms with Crippen molar-refractivity contribution in [1.82, 2.24) is 14.9 Å². The lowest BCUT2D eigenvalue weighted by atomic mass is 10.2. The molecule has 1 atom stereocenters. The third kappa shape index (κ3) is 3.38. The monoisotopic (exact) mass is 371 g/mol. The summed E-state index contributed by atoms with van der Waals surface area (Å²) in [5.41, 5.74) is 1.51. The molecule has 1 unspecified atom stereocenters. The summed E-state index contributed by atoms with van der Waals surface area (Å²) in [7, 11) is 1.57. The Bertz CT molecular complexity index is 701. The van der Waals surface area contributed by atoms with Crippen molar-refractivity contribution in [3.8, 4) is 0 Å². The standard InChI is InChI=1S/C13H14BrN3O3S/c1-7(12(20)15-2)17-10-4-3-8(14)5-9(10)16-13(17)21-6-11(18)19/h3-5,7H,6H2,1-2H3,(H,15,20)(H,18,19). The van der Waals surface area contributed by atoms with Crippen LogP contribution in [0.15, 0.2) is 27.8 Å². The highest BCUT2D eigenvalue weighted by Gasteiger charge is 2.21. The van der Waals surface area contributed by atoms with Crippen LogP contribution in [-0.2, 0) is 9.59 Å². The molecule has 21 heavy (non-hydrogen) atoms. The number of nitrogens with zero attached hydrogens (tertiary/aromatic N) is 2. The summed E-state index contributed by atoms with van der Waals surface area (Å²) in [4.78, 5) is 27.1. The fraction of sp³-hybridized carbons (Fsp3) is 0.308. The lowest BCUT2D eigenvalue weighted by Gasteiger charge is -2.15. The molecule has 6 nitrogen and oxygen atoms in total. The molecule has 0 fully saturated rings. The number of aliphatic carboxylic acids is 1. The number of carbonyl (C=O) groups excluding carboxylic acids is 1. The van der Waals surface area contributed by atoms with Crippen LogP contribution in [0.1, 0.15) is 13.0 Å². The number of likely N-dealkylation sites (N-methyl/N-ethyl adjacent to an activating group) is 1. The first-order valence-electron chi connectivity index (χ1n) is 6.17. The minimum Gasteiger partial charge on any atom is -0.481 e. The molecule has 0 aliphatic heterocycles. The summed E-state index contributed by atoms with van der Waals surface area (Å²) in [6.07, 6.45) is 0. The molecule has 2 N–H and O–H groups in total. The van der Waals surface area contributed by atoms with Crippen LogP contribution in [-0.4, -0.2) is 39.3 Å². The highest BCUT2D eigenvalue weighted by Crippen LogP contribution is 2.29. The summed E-state index contributed by atoms with van der Waals surface area (Å²) < 4.78 is 2.64. The third-order valence-corrected chi connectivity index (χ3v) is 4.39. The predicted molar refractivity (Wildman–Crippen MR) is 84.6 cm³/mol. The zero-order valence-corrected chi connectivity index (χ0v) is 13.9. The average Bonchev–Trinajstić information content (AvgIpc) is 2.80. The van der Waals surface area contributed by atoms with E-state index in [1.54, 1.807) is 18.5 Å². The summed E-state index contributed by atoms with van der Waals surface area (Å²) >= 11 is 4.48. The van der Waals surface area contributed by atoms with E-state index in [0.717, 1.165) is 21.8 Å². The smallest absolute Gasteiger partial charge is 0.313 e. The molecule has 2 aromatic rings. The van der Waals surface area contributed by atoms with E-state index in [2.05, 4.69) is 26.2 Å². The van der Waals surface area contributed by atoms with Gasteiger partial charge in [0, 0.05) is 11.5 Å². The predicted octanol–water partition coefficient (Wildman–Crippen LogP) is 2.28. The fourth-order valence-electron chi connectivity index (χ4n) is 1.98. The van der Waals surface area contributed by atoms with E-state index in [1.807, 2.05) is 18.2 Å². The number of halogens is 1. The van der Waals surface area contributed by atoms with Crippen LogP contribution in [0.5, 0.6) is 0 Å². The Morgan fingerprint density at radius 1 is 1.52 bits per heavy atom. The van der Waals surface area contributed by atoms with Crippen LogP contribution >= 0.6 is 27.7 Å². The first kappa shape index (κ1) is 15.8. The minimum atomic E-state index is -0.924. The maximum absolute atomic E-state index is 11.9. The summed E-state index contributed by atoms with van der Waals surface area (Å²) in [6, 6.07) is 5.09. The molecule has 0 radical (unpaired) electrons. The van der Waals surface area contributed by atoms with E-state index >= 15 is 0 Å². The number of fused-ring (bicyclic) bond motifs is 1. The number of carboxylic acid groups (broad SMARTS) is 1. The van der Waals surface area contributed by atoms with Gasteiger partial charge in [-0.3, -0.25) is 9.59 Å². The number of aromatic nitrogens is 2. The normalized spacial score (nSPS) is 12.3. The number of nitrogens with one attached hydrogen (secondary N) is 1. The molecule has 1 aromatic carbocycles. The lowest BCUT2D eigenvalue weighted by molar-refractivity contribution is -0.133. The number of rotatable bonds is 5. The Balaban J connectivity index is 2.54. The molecule has 112 valence electrons. The fourth-order valence-corrected chi connectivity index (χ4v) is 3.14. The number of hydrogen-bond acceptors (Lipinski definition) is 4. The van der Waals surface area contributed by atoms with Crippen LogP contribution in [0.3, 0.4) is 0 Å². The molecule has 2 rings (SSSR count). The molecule has 1 heterocycles. The van der Waals surface area contributed by atoms with E-state index in [4.69, 9.17) is 5.11 Å². The second kappa shape index (κ2) is 6.48. The average molecular weight is 372 g/mol. The molecule has 8 heteroatoms. The van der Waals surface area contributed by atoms with Gasteiger partial charge in [-0.25, -0.2) is 4.98 Å². The van der Waals surface area contributed by atoms with Crippen LogP contribution in [0.2, 0.25) is 0 Å². The molecule has 1 aromatic heterocycles. The van der Waals surface area contributed by atoms with Crippen LogP contribution in [0.4, 0.5) is 0 Å². The maximum atomic E-state index is 11.9.